The highest BCUT2D eigenvalue weighted by Crippen LogP contribution is 2.25. The first-order valence-corrected chi connectivity index (χ1v) is 7.38. The SMILES string of the molecule is COc1ccc(C(=O)NNC(=O)c2ccccc2Cl)cc1Br. The molecule has 0 radical (unpaired) electrons. The molecule has 22 heavy (non-hydrogen) atoms. The zero-order valence-electron chi connectivity index (χ0n) is 11.5. The first-order valence-electron chi connectivity index (χ1n) is 6.21. The van der Waals surface area contributed by atoms with E-state index in [9.17, 15) is 9.59 Å². The van der Waals surface area contributed by atoms with E-state index in [1.54, 1.807) is 42.5 Å². The third kappa shape index (κ3) is 3.78. The Labute approximate surface area is 140 Å². The van der Waals surface area contributed by atoms with Gasteiger partial charge in [0.15, 0.2) is 0 Å². The van der Waals surface area contributed by atoms with Crippen LogP contribution in [0.1, 0.15) is 20.7 Å². The lowest BCUT2D eigenvalue weighted by Gasteiger charge is -2.09. The van der Waals surface area contributed by atoms with Gasteiger partial charge in [0.1, 0.15) is 5.75 Å². The molecule has 0 atom stereocenters. The number of hydrogen-bond acceptors (Lipinski definition) is 3. The molecule has 2 aromatic carbocycles. The van der Waals surface area contributed by atoms with E-state index in [1.165, 1.54) is 7.11 Å². The first-order chi connectivity index (χ1) is 10.5. The maximum Gasteiger partial charge on any atom is 0.271 e. The molecule has 0 aliphatic rings. The number of amides is 2. The fourth-order valence-electron chi connectivity index (χ4n) is 1.71. The van der Waals surface area contributed by atoms with E-state index >= 15 is 0 Å². The Hall–Kier alpha value is -2.05. The van der Waals surface area contributed by atoms with Gasteiger partial charge < -0.3 is 4.74 Å². The third-order valence-electron chi connectivity index (χ3n) is 2.82. The van der Waals surface area contributed by atoms with Crippen molar-refractivity contribution in [3.63, 3.8) is 0 Å². The van der Waals surface area contributed by atoms with Crippen molar-refractivity contribution in [1.82, 2.24) is 10.9 Å². The van der Waals surface area contributed by atoms with Crippen LogP contribution in [0, 0.1) is 0 Å². The summed E-state index contributed by atoms with van der Waals surface area (Å²) in [4.78, 5) is 23.9. The lowest BCUT2D eigenvalue weighted by molar-refractivity contribution is 0.0846. The van der Waals surface area contributed by atoms with Gasteiger partial charge in [0.2, 0.25) is 0 Å². The summed E-state index contributed by atoms with van der Waals surface area (Å²) in [6, 6.07) is 11.4. The summed E-state index contributed by atoms with van der Waals surface area (Å²) >= 11 is 9.20. The summed E-state index contributed by atoms with van der Waals surface area (Å²) in [5.41, 5.74) is 5.29. The summed E-state index contributed by atoms with van der Waals surface area (Å²) in [6.07, 6.45) is 0. The number of nitrogens with one attached hydrogen (secondary N) is 2. The van der Waals surface area contributed by atoms with Crippen molar-refractivity contribution < 1.29 is 14.3 Å². The fourth-order valence-corrected chi connectivity index (χ4v) is 2.47. The van der Waals surface area contributed by atoms with Gasteiger partial charge in [-0.3, -0.25) is 20.4 Å². The normalized spacial score (nSPS) is 9.95. The Morgan fingerprint density at radius 3 is 2.41 bits per heavy atom. The van der Waals surface area contributed by atoms with Crippen LogP contribution in [0.5, 0.6) is 5.75 Å². The number of benzene rings is 2. The molecule has 0 spiro atoms. The molecule has 0 saturated carbocycles. The molecule has 0 fully saturated rings. The summed E-state index contributed by atoms with van der Waals surface area (Å²) in [6.45, 7) is 0. The number of carbonyl (C=O) groups excluding carboxylic acids is 2. The molecule has 0 aromatic heterocycles. The smallest absolute Gasteiger partial charge is 0.271 e. The Morgan fingerprint density at radius 2 is 1.77 bits per heavy atom. The van der Waals surface area contributed by atoms with Crippen LogP contribution in [0.15, 0.2) is 46.9 Å². The predicted molar refractivity (Wildman–Crippen MR) is 87.1 cm³/mol. The van der Waals surface area contributed by atoms with Crippen LogP contribution in [0.4, 0.5) is 0 Å². The van der Waals surface area contributed by atoms with E-state index in [-0.39, 0.29) is 5.56 Å². The quantitative estimate of drug-likeness (QED) is 0.800. The van der Waals surface area contributed by atoms with Gasteiger partial charge in [-0.15, -0.1) is 0 Å². The second-order valence-electron chi connectivity index (χ2n) is 4.24. The maximum atomic E-state index is 12.0. The topological polar surface area (TPSA) is 67.4 Å². The minimum atomic E-state index is -0.494. The Kier molecular flexibility index (Phi) is 5.41. The molecular formula is C15H12BrClN2O3. The lowest BCUT2D eigenvalue weighted by atomic mass is 10.2. The molecule has 0 aliphatic carbocycles. The van der Waals surface area contributed by atoms with Crippen molar-refractivity contribution in [2.45, 2.75) is 0 Å². The largest absolute Gasteiger partial charge is 0.496 e. The van der Waals surface area contributed by atoms with Gasteiger partial charge in [-0.2, -0.15) is 0 Å². The van der Waals surface area contributed by atoms with E-state index in [0.29, 0.717) is 20.8 Å². The van der Waals surface area contributed by atoms with Gasteiger partial charge >= 0.3 is 0 Å². The van der Waals surface area contributed by atoms with Gasteiger partial charge in [-0.25, -0.2) is 0 Å². The zero-order chi connectivity index (χ0) is 16.1. The van der Waals surface area contributed by atoms with Crippen molar-refractivity contribution in [3.8, 4) is 5.75 Å². The van der Waals surface area contributed by atoms with Crippen molar-refractivity contribution in [2.75, 3.05) is 7.11 Å². The molecule has 2 aromatic rings. The molecule has 0 aliphatic heterocycles. The number of hydrazine groups is 1. The fraction of sp³-hybridized carbons (Fsp3) is 0.0667. The van der Waals surface area contributed by atoms with Crippen LogP contribution < -0.4 is 15.6 Å². The summed E-state index contributed by atoms with van der Waals surface area (Å²) < 4.78 is 5.72. The summed E-state index contributed by atoms with van der Waals surface area (Å²) in [5.74, 6) is -0.341. The first kappa shape index (κ1) is 16.3. The summed E-state index contributed by atoms with van der Waals surface area (Å²) in [7, 11) is 1.53. The standard InChI is InChI=1S/C15H12BrClN2O3/c1-22-13-7-6-9(8-11(13)16)14(20)18-19-15(21)10-4-2-3-5-12(10)17/h2-8H,1H3,(H,18,20)(H,19,21). The van der Waals surface area contributed by atoms with Crippen molar-refractivity contribution in [1.29, 1.82) is 0 Å². The Morgan fingerprint density at radius 1 is 1.09 bits per heavy atom. The average molecular weight is 384 g/mol. The minimum Gasteiger partial charge on any atom is -0.496 e. The van der Waals surface area contributed by atoms with E-state index < -0.39 is 11.8 Å². The van der Waals surface area contributed by atoms with Crippen LogP contribution in [0.3, 0.4) is 0 Å². The second-order valence-corrected chi connectivity index (χ2v) is 5.50. The molecule has 5 nitrogen and oxygen atoms in total. The van der Waals surface area contributed by atoms with Crippen LogP contribution in [-0.2, 0) is 0 Å². The van der Waals surface area contributed by atoms with Crippen molar-refractivity contribution in [3.05, 3.63) is 63.1 Å². The van der Waals surface area contributed by atoms with Crippen LogP contribution in [0.2, 0.25) is 5.02 Å². The van der Waals surface area contributed by atoms with E-state index in [4.69, 9.17) is 16.3 Å². The molecular weight excluding hydrogens is 372 g/mol. The lowest BCUT2D eigenvalue weighted by Crippen LogP contribution is -2.41. The van der Waals surface area contributed by atoms with Crippen LogP contribution in [-0.4, -0.2) is 18.9 Å². The molecule has 2 amide bonds. The highest BCUT2D eigenvalue weighted by atomic mass is 79.9. The molecule has 0 bridgehead atoms. The van der Waals surface area contributed by atoms with E-state index in [2.05, 4.69) is 26.8 Å². The Bertz CT molecular complexity index is 722. The molecule has 0 unspecified atom stereocenters. The average Bonchev–Trinajstić information content (AvgIpc) is 2.52. The third-order valence-corrected chi connectivity index (χ3v) is 3.77. The molecule has 7 heteroatoms. The minimum absolute atomic E-state index is 0.278. The van der Waals surface area contributed by atoms with Gasteiger partial charge in [-0.05, 0) is 46.3 Å². The number of rotatable bonds is 3. The Balaban J connectivity index is 2.02. The van der Waals surface area contributed by atoms with E-state index in [0.717, 1.165) is 0 Å². The molecule has 2 rings (SSSR count). The number of methoxy groups -OCH3 is 1. The van der Waals surface area contributed by atoms with Gasteiger partial charge in [0.25, 0.3) is 11.8 Å². The number of carbonyl (C=O) groups is 2. The number of ether oxygens (including phenoxy) is 1. The number of halogens is 2. The molecule has 0 saturated heterocycles. The van der Waals surface area contributed by atoms with Crippen molar-refractivity contribution in [2.24, 2.45) is 0 Å². The maximum absolute atomic E-state index is 12.0. The molecule has 2 N–H and O–H groups in total. The van der Waals surface area contributed by atoms with E-state index in [1.807, 2.05) is 0 Å². The van der Waals surface area contributed by atoms with Gasteiger partial charge in [0.05, 0.1) is 22.2 Å². The van der Waals surface area contributed by atoms with Gasteiger partial charge in [0, 0.05) is 5.56 Å². The number of hydrogen-bond donors (Lipinski definition) is 2. The highest BCUT2D eigenvalue weighted by Gasteiger charge is 2.12. The van der Waals surface area contributed by atoms with Crippen LogP contribution >= 0.6 is 27.5 Å². The molecule has 114 valence electrons. The van der Waals surface area contributed by atoms with Crippen LogP contribution in [0.25, 0.3) is 0 Å². The zero-order valence-corrected chi connectivity index (χ0v) is 13.9. The second kappa shape index (κ2) is 7.29. The molecule has 0 heterocycles. The summed E-state index contributed by atoms with van der Waals surface area (Å²) in [5, 5.41) is 0.307. The van der Waals surface area contributed by atoms with Crippen molar-refractivity contribution >= 4 is 39.3 Å². The highest BCUT2D eigenvalue weighted by molar-refractivity contribution is 9.10. The predicted octanol–water partition coefficient (Wildman–Crippen LogP) is 3.19. The monoisotopic (exact) mass is 382 g/mol. The van der Waals surface area contributed by atoms with Gasteiger partial charge in [-0.1, -0.05) is 23.7 Å².